The molecule has 6 nitrogen and oxygen atoms in total. The van der Waals surface area contributed by atoms with Crippen molar-refractivity contribution in [3.05, 3.63) is 12.2 Å². The third-order valence-corrected chi connectivity index (χ3v) is 5.66. The molecule has 0 aromatic rings. The highest BCUT2D eigenvalue weighted by Gasteiger charge is 2.51. The van der Waals surface area contributed by atoms with Gasteiger partial charge in [-0.2, -0.15) is 0 Å². The number of hydrogen-bond acceptors (Lipinski definition) is 4. The lowest BCUT2D eigenvalue weighted by Crippen LogP contribution is -2.53. The molecule has 0 radical (unpaired) electrons. The number of carbonyl (C=O) groups is 3. The second kappa shape index (κ2) is 7.28. The number of nitrogens with one attached hydrogen (secondary N) is 1. The molecule has 1 saturated carbocycles. The Labute approximate surface area is 148 Å². The molecule has 3 aliphatic rings. The molecule has 2 fully saturated rings. The van der Waals surface area contributed by atoms with Crippen LogP contribution in [0.5, 0.6) is 0 Å². The lowest BCUT2D eigenvalue weighted by atomic mass is 9.85. The molecular weight excluding hydrogens is 320 g/mol. The molecule has 25 heavy (non-hydrogen) atoms. The summed E-state index contributed by atoms with van der Waals surface area (Å²) in [6, 6.07) is -1.06. The number of carbonyl (C=O) groups excluding carboxylic acids is 3. The van der Waals surface area contributed by atoms with Gasteiger partial charge >= 0.3 is 0 Å². The Morgan fingerprint density at radius 2 is 1.80 bits per heavy atom. The maximum atomic E-state index is 12.9. The van der Waals surface area contributed by atoms with Gasteiger partial charge < -0.3 is 10.4 Å². The Balaban J connectivity index is 1.79. The van der Waals surface area contributed by atoms with Gasteiger partial charge in [0.15, 0.2) is 0 Å². The summed E-state index contributed by atoms with van der Waals surface area (Å²) in [6.45, 7) is 3.95. The number of hydrogen-bond donors (Lipinski definition) is 2. The first-order valence-corrected chi connectivity index (χ1v) is 9.40. The monoisotopic (exact) mass is 348 g/mol. The van der Waals surface area contributed by atoms with E-state index in [1.165, 1.54) is 4.90 Å². The minimum Gasteiger partial charge on any atom is -0.391 e. The molecule has 2 aliphatic carbocycles. The summed E-state index contributed by atoms with van der Waals surface area (Å²) in [6.07, 6.45) is 7.23. The summed E-state index contributed by atoms with van der Waals surface area (Å²) < 4.78 is 0. The van der Waals surface area contributed by atoms with E-state index in [4.69, 9.17) is 0 Å². The number of fused-ring (bicyclic) bond motifs is 1. The second-order valence-corrected chi connectivity index (χ2v) is 7.96. The molecule has 0 aromatic heterocycles. The summed E-state index contributed by atoms with van der Waals surface area (Å²) >= 11 is 0. The molecule has 2 N–H and O–H groups in total. The Morgan fingerprint density at radius 1 is 1.20 bits per heavy atom. The molecule has 6 heteroatoms. The first kappa shape index (κ1) is 18.1. The molecule has 3 amide bonds. The van der Waals surface area contributed by atoms with Crippen LogP contribution in [0, 0.1) is 17.8 Å². The quantitative estimate of drug-likeness (QED) is 0.580. The molecule has 0 unspecified atom stereocenters. The van der Waals surface area contributed by atoms with E-state index in [2.05, 4.69) is 5.32 Å². The normalized spacial score (nSPS) is 33.0. The van der Waals surface area contributed by atoms with Crippen molar-refractivity contribution in [1.82, 2.24) is 10.2 Å². The molecule has 5 atom stereocenters. The molecule has 1 saturated heterocycles. The van der Waals surface area contributed by atoms with Gasteiger partial charge in [-0.25, -0.2) is 0 Å². The summed E-state index contributed by atoms with van der Waals surface area (Å²) in [4.78, 5) is 39.7. The highest BCUT2D eigenvalue weighted by molar-refractivity contribution is 6.08. The number of rotatable bonds is 5. The average molecular weight is 348 g/mol. The van der Waals surface area contributed by atoms with Gasteiger partial charge in [-0.05, 0) is 44.4 Å². The van der Waals surface area contributed by atoms with Gasteiger partial charge in [0, 0.05) is 0 Å². The van der Waals surface area contributed by atoms with Crippen LogP contribution in [0.25, 0.3) is 0 Å². The van der Waals surface area contributed by atoms with Crippen LogP contribution >= 0.6 is 0 Å². The van der Waals surface area contributed by atoms with Crippen LogP contribution in [-0.2, 0) is 14.4 Å². The van der Waals surface area contributed by atoms with Crippen molar-refractivity contribution in [2.45, 2.75) is 70.6 Å². The Bertz CT molecular complexity index is 560. The van der Waals surface area contributed by atoms with Crippen molar-refractivity contribution >= 4 is 17.7 Å². The third kappa shape index (κ3) is 3.50. The molecular formula is C19H28N2O4. The number of nitrogens with zero attached hydrogens (tertiary/aromatic N) is 1. The Kier molecular flexibility index (Phi) is 5.27. The number of likely N-dealkylation sites (tertiary alicyclic amines) is 1. The van der Waals surface area contributed by atoms with Gasteiger partial charge in [0.25, 0.3) is 0 Å². The van der Waals surface area contributed by atoms with Crippen LogP contribution in [0.4, 0.5) is 0 Å². The van der Waals surface area contributed by atoms with E-state index in [0.29, 0.717) is 25.7 Å². The van der Waals surface area contributed by atoms with Crippen LogP contribution < -0.4 is 5.32 Å². The van der Waals surface area contributed by atoms with Crippen molar-refractivity contribution in [1.29, 1.82) is 0 Å². The summed E-state index contributed by atoms with van der Waals surface area (Å²) in [7, 11) is 0. The maximum absolute atomic E-state index is 12.9. The molecule has 0 bridgehead atoms. The van der Waals surface area contributed by atoms with Gasteiger partial charge in [-0.3, -0.25) is 19.3 Å². The van der Waals surface area contributed by atoms with Gasteiger partial charge in [-0.15, -0.1) is 0 Å². The SMILES string of the molecule is CC(C)C[C@H](C(=O)N[C@@H]1CCC[C@@H]1O)N1C(=O)[C@H]2CC=CC[C@@H]2C1=O. The van der Waals surface area contributed by atoms with Gasteiger partial charge in [0.2, 0.25) is 17.7 Å². The predicted molar refractivity (Wildman–Crippen MR) is 92.2 cm³/mol. The van der Waals surface area contributed by atoms with E-state index in [1.54, 1.807) is 0 Å². The smallest absolute Gasteiger partial charge is 0.243 e. The van der Waals surface area contributed by atoms with E-state index in [0.717, 1.165) is 12.8 Å². The number of amides is 3. The predicted octanol–water partition coefficient (Wildman–Crippen LogP) is 1.38. The number of aliphatic hydroxyl groups is 1. The third-order valence-electron chi connectivity index (χ3n) is 5.66. The Hall–Kier alpha value is -1.69. The average Bonchev–Trinajstić information content (AvgIpc) is 3.08. The van der Waals surface area contributed by atoms with Crippen LogP contribution in [0.3, 0.4) is 0 Å². The molecule has 138 valence electrons. The van der Waals surface area contributed by atoms with Crippen LogP contribution in [0.2, 0.25) is 0 Å². The number of allylic oxidation sites excluding steroid dienone is 2. The highest BCUT2D eigenvalue weighted by atomic mass is 16.3. The summed E-state index contributed by atoms with van der Waals surface area (Å²) in [5, 5.41) is 12.9. The molecule has 0 spiro atoms. The fraction of sp³-hybridized carbons (Fsp3) is 0.737. The summed E-state index contributed by atoms with van der Waals surface area (Å²) in [5.74, 6) is -1.22. The second-order valence-electron chi connectivity index (χ2n) is 7.96. The van der Waals surface area contributed by atoms with Crippen molar-refractivity contribution < 1.29 is 19.5 Å². The number of imide groups is 1. The van der Waals surface area contributed by atoms with E-state index in [9.17, 15) is 19.5 Å². The fourth-order valence-electron chi connectivity index (χ4n) is 4.30. The van der Waals surface area contributed by atoms with Crippen molar-refractivity contribution in [3.8, 4) is 0 Å². The minimum absolute atomic E-state index is 0.172. The largest absolute Gasteiger partial charge is 0.391 e. The lowest BCUT2D eigenvalue weighted by molar-refractivity contribution is -0.148. The van der Waals surface area contributed by atoms with E-state index >= 15 is 0 Å². The van der Waals surface area contributed by atoms with E-state index in [1.807, 2.05) is 26.0 Å². The van der Waals surface area contributed by atoms with Crippen LogP contribution in [0.15, 0.2) is 12.2 Å². The topological polar surface area (TPSA) is 86.7 Å². The first-order valence-electron chi connectivity index (χ1n) is 9.40. The minimum atomic E-state index is -0.779. The molecule has 1 heterocycles. The van der Waals surface area contributed by atoms with Crippen LogP contribution in [0.1, 0.15) is 52.4 Å². The van der Waals surface area contributed by atoms with Crippen LogP contribution in [-0.4, -0.2) is 45.9 Å². The zero-order valence-corrected chi connectivity index (χ0v) is 15.0. The maximum Gasteiger partial charge on any atom is 0.243 e. The first-order chi connectivity index (χ1) is 11.9. The molecule has 3 rings (SSSR count). The van der Waals surface area contributed by atoms with Gasteiger partial charge in [0.1, 0.15) is 6.04 Å². The number of aliphatic hydroxyl groups excluding tert-OH is 1. The Morgan fingerprint density at radius 3 is 2.28 bits per heavy atom. The van der Waals surface area contributed by atoms with Crippen molar-refractivity contribution in [3.63, 3.8) is 0 Å². The zero-order valence-electron chi connectivity index (χ0n) is 15.0. The fourth-order valence-corrected chi connectivity index (χ4v) is 4.30. The van der Waals surface area contributed by atoms with Crippen molar-refractivity contribution in [2.24, 2.45) is 17.8 Å². The van der Waals surface area contributed by atoms with E-state index < -0.39 is 12.1 Å². The van der Waals surface area contributed by atoms with E-state index in [-0.39, 0.29) is 41.5 Å². The summed E-state index contributed by atoms with van der Waals surface area (Å²) in [5.41, 5.74) is 0. The van der Waals surface area contributed by atoms with Crippen molar-refractivity contribution in [2.75, 3.05) is 0 Å². The lowest BCUT2D eigenvalue weighted by Gasteiger charge is -2.29. The van der Waals surface area contributed by atoms with Gasteiger partial charge in [-0.1, -0.05) is 26.0 Å². The highest BCUT2D eigenvalue weighted by Crippen LogP contribution is 2.37. The standard InChI is InChI=1S/C19H28N2O4/c1-11(2)10-15(17(23)20-14-8-5-9-16(14)22)21-18(24)12-6-3-4-7-13(12)19(21)25/h3-4,11-16,22H,5-10H2,1-2H3,(H,20,23)/t12-,13-,14+,15+,16-/m0/s1. The zero-order chi connectivity index (χ0) is 18.1. The molecule has 0 aromatic carbocycles. The molecule has 1 aliphatic heterocycles. The van der Waals surface area contributed by atoms with Gasteiger partial charge in [0.05, 0.1) is 24.0 Å².